The van der Waals surface area contributed by atoms with Crippen molar-refractivity contribution in [3.8, 4) is 0 Å². The molecule has 0 atom stereocenters. The minimum absolute atomic E-state index is 0.686. The molecular weight excluding hydrogens is 196 g/mol. The molecule has 2 heterocycles. The van der Waals surface area contributed by atoms with Crippen molar-refractivity contribution in [2.45, 2.75) is 13.8 Å². The minimum atomic E-state index is 0.686. The number of nitrogens with one attached hydrogen (secondary N) is 2. The molecule has 0 aliphatic carbocycles. The van der Waals surface area contributed by atoms with Crippen LogP contribution in [0.5, 0.6) is 0 Å². The van der Waals surface area contributed by atoms with Gasteiger partial charge < -0.3 is 10.4 Å². The number of thiazole rings is 1. The van der Waals surface area contributed by atoms with Crippen molar-refractivity contribution in [1.29, 1.82) is 0 Å². The number of aromatic nitrogens is 2. The second-order valence-corrected chi connectivity index (χ2v) is 4.36. The fraction of sp³-hybridized carbons (Fsp3) is 0.222. The zero-order chi connectivity index (χ0) is 10.3. The van der Waals surface area contributed by atoms with Crippen LogP contribution in [0.3, 0.4) is 0 Å². The van der Waals surface area contributed by atoms with Crippen molar-refractivity contribution >= 4 is 27.4 Å². The monoisotopic (exact) mass is 208 g/mol. The Morgan fingerprint density at radius 2 is 2.29 bits per heavy atom. The fourth-order valence-electron chi connectivity index (χ4n) is 1.47. The van der Waals surface area contributed by atoms with Gasteiger partial charge in [0, 0.05) is 5.56 Å². The summed E-state index contributed by atoms with van der Waals surface area (Å²) in [5.41, 5.74) is 6.26. The zero-order valence-electron chi connectivity index (χ0n) is 8.14. The lowest BCUT2D eigenvalue weighted by molar-refractivity contribution is 0.984. The first-order chi connectivity index (χ1) is 6.63. The molecule has 4 nitrogen and oxygen atoms in total. The lowest BCUT2D eigenvalue weighted by Gasteiger charge is -2.02. The van der Waals surface area contributed by atoms with Gasteiger partial charge in [0.25, 0.3) is 0 Å². The maximum atomic E-state index is 5.31. The number of hydrogen-bond acceptors (Lipinski definition) is 4. The van der Waals surface area contributed by atoms with E-state index in [1.54, 1.807) is 11.3 Å². The van der Waals surface area contributed by atoms with Gasteiger partial charge in [0.2, 0.25) is 0 Å². The van der Waals surface area contributed by atoms with Crippen LogP contribution in [0.25, 0.3) is 16.0 Å². The van der Waals surface area contributed by atoms with E-state index >= 15 is 0 Å². The summed E-state index contributed by atoms with van der Waals surface area (Å²) in [6.45, 7) is 7.81. The second kappa shape index (κ2) is 3.11. The molecule has 0 saturated carbocycles. The second-order valence-electron chi connectivity index (χ2n) is 3.16. The standard InChI is InChI=1S/C9H12N4S/c1-4-7(5(2)13-10)12-9-8(4)11-6(3)14-9/h12-13H,2,10H2,1,3H3. The molecule has 0 bridgehead atoms. The Balaban J connectivity index is 2.64. The highest BCUT2D eigenvalue weighted by Crippen LogP contribution is 2.28. The largest absolute Gasteiger partial charge is 0.343 e. The van der Waals surface area contributed by atoms with Crippen molar-refractivity contribution in [1.82, 2.24) is 15.4 Å². The number of rotatable bonds is 2. The predicted octanol–water partition coefficient (Wildman–Crippen LogP) is 1.68. The third-order valence-electron chi connectivity index (χ3n) is 2.18. The van der Waals surface area contributed by atoms with Crippen LogP contribution in [0, 0.1) is 13.8 Å². The van der Waals surface area contributed by atoms with Crippen LogP contribution in [0.2, 0.25) is 0 Å². The summed E-state index contributed by atoms with van der Waals surface area (Å²) in [4.78, 5) is 8.75. The Labute approximate surface area is 85.8 Å². The average Bonchev–Trinajstić information content (AvgIpc) is 2.64. The number of nitrogens with two attached hydrogens (primary N) is 1. The van der Waals surface area contributed by atoms with E-state index < -0.39 is 0 Å². The summed E-state index contributed by atoms with van der Waals surface area (Å²) in [5.74, 6) is 5.31. The maximum absolute atomic E-state index is 5.31. The third-order valence-corrected chi connectivity index (χ3v) is 3.07. The van der Waals surface area contributed by atoms with Gasteiger partial charge in [-0.05, 0) is 13.8 Å². The van der Waals surface area contributed by atoms with Gasteiger partial charge in [-0.2, -0.15) is 0 Å². The lowest BCUT2D eigenvalue weighted by atomic mass is 10.2. The third kappa shape index (κ3) is 1.21. The fourth-order valence-corrected chi connectivity index (χ4v) is 2.35. The number of aromatic amines is 1. The van der Waals surface area contributed by atoms with Crippen LogP contribution in [-0.4, -0.2) is 9.97 Å². The molecule has 0 aliphatic rings. The molecule has 0 fully saturated rings. The average molecular weight is 208 g/mol. The van der Waals surface area contributed by atoms with E-state index in [0.717, 1.165) is 26.6 Å². The van der Waals surface area contributed by atoms with Crippen molar-refractivity contribution in [3.05, 3.63) is 22.8 Å². The van der Waals surface area contributed by atoms with Gasteiger partial charge in [-0.1, -0.05) is 6.58 Å². The quantitative estimate of drug-likeness (QED) is 0.519. The number of aryl methyl sites for hydroxylation is 2. The Hall–Kier alpha value is -1.33. The van der Waals surface area contributed by atoms with E-state index in [4.69, 9.17) is 5.84 Å². The molecular formula is C9H12N4S. The number of H-pyrrole nitrogens is 1. The van der Waals surface area contributed by atoms with Crippen LogP contribution in [0.15, 0.2) is 6.58 Å². The van der Waals surface area contributed by atoms with Gasteiger partial charge >= 0.3 is 0 Å². The summed E-state index contributed by atoms with van der Waals surface area (Å²) in [5, 5.41) is 1.06. The molecule has 0 radical (unpaired) electrons. The van der Waals surface area contributed by atoms with Crippen molar-refractivity contribution in [2.24, 2.45) is 5.84 Å². The van der Waals surface area contributed by atoms with E-state index in [0.29, 0.717) is 5.70 Å². The molecule has 2 aromatic rings. The zero-order valence-corrected chi connectivity index (χ0v) is 8.96. The molecule has 0 spiro atoms. The number of nitrogens with zero attached hydrogens (tertiary/aromatic N) is 1. The van der Waals surface area contributed by atoms with Crippen LogP contribution >= 0.6 is 11.3 Å². The summed E-state index contributed by atoms with van der Waals surface area (Å²) in [7, 11) is 0. The summed E-state index contributed by atoms with van der Waals surface area (Å²) in [6, 6.07) is 0. The van der Waals surface area contributed by atoms with Crippen molar-refractivity contribution in [3.63, 3.8) is 0 Å². The minimum Gasteiger partial charge on any atom is -0.343 e. The van der Waals surface area contributed by atoms with Gasteiger partial charge in [-0.3, -0.25) is 5.84 Å². The summed E-state index contributed by atoms with van der Waals surface area (Å²) >= 11 is 1.64. The molecule has 74 valence electrons. The Morgan fingerprint density at radius 3 is 2.86 bits per heavy atom. The Morgan fingerprint density at radius 1 is 1.57 bits per heavy atom. The van der Waals surface area contributed by atoms with Crippen molar-refractivity contribution in [2.75, 3.05) is 0 Å². The molecule has 2 rings (SSSR count). The van der Waals surface area contributed by atoms with Gasteiger partial charge in [0.15, 0.2) is 0 Å². The van der Waals surface area contributed by atoms with Gasteiger partial charge in [-0.15, -0.1) is 11.3 Å². The first-order valence-corrected chi connectivity index (χ1v) is 5.06. The van der Waals surface area contributed by atoms with Crippen molar-refractivity contribution < 1.29 is 0 Å². The smallest absolute Gasteiger partial charge is 0.121 e. The molecule has 0 aliphatic heterocycles. The van der Waals surface area contributed by atoms with E-state index in [-0.39, 0.29) is 0 Å². The van der Waals surface area contributed by atoms with E-state index in [9.17, 15) is 0 Å². The highest BCUT2D eigenvalue weighted by atomic mass is 32.1. The van der Waals surface area contributed by atoms with Gasteiger partial charge in [0.05, 0.1) is 16.4 Å². The van der Waals surface area contributed by atoms with Gasteiger partial charge in [0.1, 0.15) is 10.3 Å². The maximum Gasteiger partial charge on any atom is 0.121 e. The van der Waals surface area contributed by atoms with Crippen LogP contribution < -0.4 is 11.3 Å². The molecule has 0 unspecified atom stereocenters. The van der Waals surface area contributed by atoms with Gasteiger partial charge in [-0.25, -0.2) is 4.98 Å². The van der Waals surface area contributed by atoms with E-state index in [1.165, 1.54) is 0 Å². The first-order valence-electron chi connectivity index (χ1n) is 4.25. The Kier molecular flexibility index (Phi) is 2.05. The molecule has 0 aromatic carbocycles. The molecule has 4 N–H and O–H groups in total. The van der Waals surface area contributed by atoms with Crippen LogP contribution in [0.4, 0.5) is 0 Å². The first kappa shape index (κ1) is 9.23. The molecule has 0 saturated heterocycles. The lowest BCUT2D eigenvalue weighted by Crippen LogP contribution is -2.19. The van der Waals surface area contributed by atoms with Crippen LogP contribution in [-0.2, 0) is 0 Å². The normalized spacial score (nSPS) is 10.8. The molecule has 14 heavy (non-hydrogen) atoms. The molecule has 0 amide bonds. The number of hydrazine groups is 1. The summed E-state index contributed by atoms with van der Waals surface area (Å²) < 4.78 is 0. The molecule has 5 heteroatoms. The SMILES string of the molecule is C=C(NN)c1[nH]c2sc(C)nc2c1C. The van der Waals surface area contributed by atoms with Crippen LogP contribution in [0.1, 0.15) is 16.3 Å². The van der Waals surface area contributed by atoms with E-state index in [1.807, 2.05) is 13.8 Å². The number of fused-ring (bicyclic) bond motifs is 1. The Bertz CT molecular complexity index is 494. The van der Waals surface area contributed by atoms with E-state index in [2.05, 4.69) is 22.0 Å². The summed E-state index contributed by atoms with van der Waals surface area (Å²) in [6.07, 6.45) is 0. The number of hydrogen-bond donors (Lipinski definition) is 3. The predicted molar refractivity (Wildman–Crippen MR) is 59.8 cm³/mol. The molecule has 2 aromatic heterocycles. The highest BCUT2D eigenvalue weighted by Gasteiger charge is 2.12. The highest BCUT2D eigenvalue weighted by molar-refractivity contribution is 7.18. The topological polar surface area (TPSA) is 66.7 Å².